The van der Waals surface area contributed by atoms with Crippen LogP contribution >= 0.6 is 0 Å². The smallest absolute Gasteiger partial charge is 0.155 e. The number of halogens is 1. The molecule has 0 saturated heterocycles. The summed E-state index contributed by atoms with van der Waals surface area (Å²) in [6.45, 7) is 2.03. The summed E-state index contributed by atoms with van der Waals surface area (Å²) in [4.78, 5) is 14.6. The number of carbonyl (C=O) groups is 1. The van der Waals surface area contributed by atoms with Gasteiger partial charge in [0.15, 0.2) is 6.29 Å². The molecule has 0 aliphatic rings. The van der Waals surface area contributed by atoms with E-state index in [9.17, 15) is 9.18 Å². The maximum Gasteiger partial charge on any atom is 0.155 e. The second-order valence-corrected chi connectivity index (χ2v) is 2.89. The van der Waals surface area contributed by atoms with Crippen LogP contribution in [-0.4, -0.2) is 12.5 Å². The Kier molecular flexibility index (Phi) is 3.98. The molecule has 0 bridgehead atoms. The van der Waals surface area contributed by atoms with Crippen molar-refractivity contribution in [3.05, 3.63) is 29.6 Å². The molecule has 0 fully saturated rings. The number of aliphatic imine (C=N–C) groups is 1. The summed E-state index contributed by atoms with van der Waals surface area (Å²) >= 11 is 0. The van der Waals surface area contributed by atoms with Crippen LogP contribution in [0.25, 0.3) is 0 Å². The Labute approximate surface area is 82.5 Å². The van der Waals surface area contributed by atoms with E-state index >= 15 is 0 Å². The van der Waals surface area contributed by atoms with E-state index in [1.54, 1.807) is 18.3 Å². The van der Waals surface area contributed by atoms with Gasteiger partial charge in [0.05, 0.1) is 11.3 Å². The second-order valence-electron chi connectivity index (χ2n) is 2.89. The van der Waals surface area contributed by atoms with Crippen molar-refractivity contribution in [3.63, 3.8) is 0 Å². The van der Waals surface area contributed by atoms with Crippen LogP contribution < -0.4 is 0 Å². The van der Waals surface area contributed by atoms with Crippen molar-refractivity contribution < 1.29 is 9.18 Å². The number of hydrogen-bond acceptors (Lipinski definition) is 2. The molecule has 0 saturated carbocycles. The molecule has 1 rings (SSSR count). The molecule has 74 valence electrons. The Morgan fingerprint density at radius 3 is 2.93 bits per heavy atom. The summed E-state index contributed by atoms with van der Waals surface area (Å²) in [6, 6.07) is 4.42. The summed E-state index contributed by atoms with van der Waals surface area (Å²) in [5, 5.41) is 0. The van der Waals surface area contributed by atoms with Crippen molar-refractivity contribution in [2.45, 2.75) is 19.8 Å². The molecule has 0 spiro atoms. The van der Waals surface area contributed by atoms with E-state index in [1.807, 2.05) is 6.92 Å². The van der Waals surface area contributed by atoms with Gasteiger partial charge in [0.1, 0.15) is 5.82 Å². The lowest BCUT2D eigenvalue weighted by Gasteiger charge is -1.98. The van der Waals surface area contributed by atoms with Crippen LogP contribution in [0.2, 0.25) is 0 Å². The van der Waals surface area contributed by atoms with Crippen molar-refractivity contribution in [2.75, 3.05) is 0 Å². The maximum absolute atomic E-state index is 13.1. The third-order valence-electron chi connectivity index (χ3n) is 1.80. The molecule has 0 aliphatic heterocycles. The maximum atomic E-state index is 13.1. The molecule has 0 unspecified atom stereocenters. The standard InChI is InChI=1S/C11H12FNO/c1-2-3-7-13-11-6-4-5-10(12)9(11)8-14/h4-8H,2-3H2,1H3/b13-7+. The highest BCUT2D eigenvalue weighted by Crippen LogP contribution is 2.19. The highest BCUT2D eigenvalue weighted by atomic mass is 19.1. The summed E-state index contributed by atoms with van der Waals surface area (Å²) in [7, 11) is 0. The van der Waals surface area contributed by atoms with Crippen LogP contribution in [0, 0.1) is 5.82 Å². The van der Waals surface area contributed by atoms with Crippen LogP contribution in [0.5, 0.6) is 0 Å². The average Bonchev–Trinajstić information content (AvgIpc) is 2.18. The molecule has 1 aromatic rings. The van der Waals surface area contributed by atoms with Crippen molar-refractivity contribution in [1.29, 1.82) is 0 Å². The highest BCUT2D eigenvalue weighted by molar-refractivity contribution is 5.84. The number of rotatable bonds is 4. The zero-order valence-electron chi connectivity index (χ0n) is 8.03. The lowest BCUT2D eigenvalue weighted by Crippen LogP contribution is -1.87. The number of aldehydes is 1. The number of nitrogens with zero attached hydrogens (tertiary/aromatic N) is 1. The fraction of sp³-hybridized carbons (Fsp3) is 0.273. The molecule has 0 radical (unpaired) electrons. The fourth-order valence-electron chi connectivity index (χ4n) is 1.05. The molecule has 0 amide bonds. The van der Waals surface area contributed by atoms with Gasteiger partial charge in [-0.05, 0) is 18.6 Å². The van der Waals surface area contributed by atoms with Crippen LogP contribution in [0.15, 0.2) is 23.2 Å². The lowest BCUT2D eigenvalue weighted by molar-refractivity contribution is 0.112. The number of benzene rings is 1. The molecule has 1 aromatic carbocycles. The first kappa shape index (κ1) is 10.6. The van der Waals surface area contributed by atoms with E-state index in [1.165, 1.54) is 6.07 Å². The topological polar surface area (TPSA) is 29.4 Å². The van der Waals surface area contributed by atoms with Crippen molar-refractivity contribution >= 4 is 18.2 Å². The number of carbonyl (C=O) groups excluding carboxylic acids is 1. The van der Waals surface area contributed by atoms with Gasteiger partial charge < -0.3 is 0 Å². The minimum absolute atomic E-state index is 0.0276. The fourth-order valence-corrected chi connectivity index (χ4v) is 1.05. The molecule has 14 heavy (non-hydrogen) atoms. The summed E-state index contributed by atoms with van der Waals surface area (Å²) in [6.07, 6.45) is 4.00. The van der Waals surface area contributed by atoms with E-state index in [4.69, 9.17) is 0 Å². The van der Waals surface area contributed by atoms with Gasteiger partial charge in [-0.2, -0.15) is 0 Å². The van der Waals surface area contributed by atoms with Crippen molar-refractivity contribution in [1.82, 2.24) is 0 Å². The monoisotopic (exact) mass is 193 g/mol. The number of unbranched alkanes of at least 4 members (excludes halogenated alkanes) is 1. The van der Waals surface area contributed by atoms with Crippen LogP contribution in [0.4, 0.5) is 10.1 Å². The van der Waals surface area contributed by atoms with Crippen molar-refractivity contribution in [2.24, 2.45) is 4.99 Å². The predicted octanol–water partition coefficient (Wildman–Crippen LogP) is 3.14. The molecule has 0 heterocycles. The van der Waals surface area contributed by atoms with Crippen LogP contribution in [0.3, 0.4) is 0 Å². The Balaban J connectivity index is 2.96. The molecule has 0 N–H and O–H groups in total. The van der Waals surface area contributed by atoms with Gasteiger partial charge in [-0.1, -0.05) is 19.4 Å². The molecular formula is C11H12FNO. The zero-order chi connectivity index (χ0) is 10.4. The van der Waals surface area contributed by atoms with Crippen LogP contribution in [0.1, 0.15) is 30.1 Å². The summed E-state index contributed by atoms with van der Waals surface area (Å²) < 4.78 is 13.1. The Bertz CT molecular complexity index is 347. The summed E-state index contributed by atoms with van der Waals surface area (Å²) in [5.41, 5.74) is 0.424. The molecule has 0 aliphatic carbocycles. The van der Waals surface area contributed by atoms with Gasteiger partial charge in [0.25, 0.3) is 0 Å². The Morgan fingerprint density at radius 2 is 2.29 bits per heavy atom. The Hall–Kier alpha value is -1.51. The lowest BCUT2D eigenvalue weighted by atomic mass is 10.2. The molecular weight excluding hydrogens is 181 g/mol. The first-order chi connectivity index (χ1) is 6.79. The highest BCUT2D eigenvalue weighted by Gasteiger charge is 2.04. The normalized spacial score (nSPS) is 10.7. The van der Waals surface area contributed by atoms with Gasteiger partial charge in [-0.25, -0.2) is 4.39 Å². The zero-order valence-corrected chi connectivity index (χ0v) is 8.03. The van der Waals surface area contributed by atoms with Gasteiger partial charge in [-0.3, -0.25) is 9.79 Å². The van der Waals surface area contributed by atoms with E-state index in [0.717, 1.165) is 12.8 Å². The quantitative estimate of drug-likeness (QED) is 0.533. The molecule has 0 atom stereocenters. The van der Waals surface area contributed by atoms with Gasteiger partial charge in [-0.15, -0.1) is 0 Å². The molecule has 2 nitrogen and oxygen atoms in total. The molecule has 3 heteroatoms. The van der Waals surface area contributed by atoms with Gasteiger partial charge in [0.2, 0.25) is 0 Å². The average molecular weight is 193 g/mol. The van der Waals surface area contributed by atoms with Crippen LogP contribution in [-0.2, 0) is 0 Å². The van der Waals surface area contributed by atoms with E-state index in [2.05, 4.69) is 4.99 Å². The largest absolute Gasteiger partial charge is 0.298 e. The molecule has 0 aromatic heterocycles. The van der Waals surface area contributed by atoms with E-state index in [-0.39, 0.29) is 5.56 Å². The third-order valence-corrected chi connectivity index (χ3v) is 1.80. The predicted molar refractivity (Wildman–Crippen MR) is 54.8 cm³/mol. The second kappa shape index (κ2) is 5.27. The summed E-state index contributed by atoms with van der Waals surface area (Å²) in [5.74, 6) is -0.522. The minimum atomic E-state index is -0.522. The SMILES string of the molecule is CCC/C=N/c1cccc(F)c1C=O. The van der Waals surface area contributed by atoms with Gasteiger partial charge >= 0.3 is 0 Å². The first-order valence-corrected chi connectivity index (χ1v) is 4.55. The van der Waals surface area contributed by atoms with E-state index in [0.29, 0.717) is 12.0 Å². The minimum Gasteiger partial charge on any atom is -0.298 e. The van der Waals surface area contributed by atoms with E-state index < -0.39 is 5.82 Å². The van der Waals surface area contributed by atoms with Crippen molar-refractivity contribution in [3.8, 4) is 0 Å². The number of hydrogen-bond donors (Lipinski definition) is 0. The Morgan fingerprint density at radius 1 is 1.50 bits per heavy atom. The third kappa shape index (κ3) is 2.49. The first-order valence-electron chi connectivity index (χ1n) is 4.55. The van der Waals surface area contributed by atoms with Gasteiger partial charge in [0, 0.05) is 6.21 Å².